The number of ether oxygens (including phenoxy) is 3. The first-order valence-corrected chi connectivity index (χ1v) is 6.66. The number of para-hydroxylation sites is 1. The summed E-state index contributed by atoms with van der Waals surface area (Å²) in [6.07, 6.45) is 2.14. The minimum absolute atomic E-state index is 0.320. The number of methoxy groups -OCH3 is 2. The van der Waals surface area contributed by atoms with Crippen LogP contribution in [0.2, 0.25) is 0 Å². The first-order valence-electron chi connectivity index (χ1n) is 6.66. The Kier molecular flexibility index (Phi) is 5.38. The second-order valence-corrected chi connectivity index (χ2v) is 4.39. The molecule has 0 saturated carbocycles. The maximum absolute atomic E-state index is 8.81. The van der Waals surface area contributed by atoms with Crippen molar-refractivity contribution in [1.29, 1.82) is 5.26 Å². The van der Waals surface area contributed by atoms with Crippen molar-refractivity contribution in [2.75, 3.05) is 14.2 Å². The molecule has 0 aliphatic rings. The van der Waals surface area contributed by atoms with Crippen LogP contribution in [0.25, 0.3) is 0 Å². The van der Waals surface area contributed by atoms with E-state index >= 15 is 0 Å². The molecule has 2 rings (SSSR count). The lowest BCUT2D eigenvalue weighted by molar-refractivity contribution is 0.354. The number of hydrogen-bond donors (Lipinski definition) is 0. The van der Waals surface area contributed by atoms with E-state index in [4.69, 9.17) is 19.5 Å². The summed E-state index contributed by atoms with van der Waals surface area (Å²) in [6.45, 7) is 0. The zero-order valence-corrected chi connectivity index (χ0v) is 12.4. The Morgan fingerprint density at radius 2 is 1.77 bits per heavy atom. The largest absolute Gasteiger partial charge is 0.493 e. The van der Waals surface area contributed by atoms with Gasteiger partial charge in [-0.15, -0.1) is 4.99 Å². The minimum Gasteiger partial charge on any atom is -0.493 e. The van der Waals surface area contributed by atoms with Crippen LogP contribution in [0.15, 0.2) is 53.5 Å². The molecule has 0 aliphatic heterocycles. The molecule has 0 aromatic heterocycles. The van der Waals surface area contributed by atoms with Gasteiger partial charge in [0, 0.05) is 0 Å². The molecule has 0 aliphatic carbocycles. The molecular weight excluding hydrogens is 280 g/mol. The Bertz CT molecular complexity index is 691. The molecule has 0 fully saturated rings. The molecule has 0 unspecified atom stereocenters. The van der Waals surface area contributed by atoms with Crippen LogP contribution in [0.1, 0.15) is 5.56 Å². The van der Waals surface area contributed by atoms with Gasteiger partial charge in [0.2, 0.25) is 12.1 Å². The molecule has 22 heavy (non-hydrogen) atoms. The van der Waals surface area contributed by atoms with E-state index in [0.717, 1.165) is 5.56 Å². The van der Waals surface area contributed by atoms with E-state index in [1.165, 1.54) is 0 Å². The van der Waals surface area contributed by atoms with Crippen LogP contribution >= 0.6 is 0 Å². The van der Waals surface area contributed by atoms with Crippen molar-refractivity contribution < 1.29 is 14.2 Å². The van der Waals surface area contributed by atoms with E-state index < -0.39 is 0 Å². The van der Waals surface area contributed by atoms with E-state index in [1.54, 1.807) is 26.5 Å². The van der Waals surface area contributed by atoms with Crippen LogP contribution in [-0.2, 0) is 6.42 Å². The smallest absolute Gasteiger partial charge is 0.210 e. The molecule has 5 heteroatoms. The summed E-state index contributed by atoms with van der Waals surface area (Å²) >= 11 is 0. The summed E-state index contributed by atoms with van der Waals surface area (Å²) in [7, 11) is 3.16. The molecule has 5 nitrogen and oxygen atoms in total. The molecule has 2 aromatic rings. The second kappa shape index (κ2) is 7.70. The van der Waals surface area contributed by atoms with Gasteiger partial charge in [-0.3, -0.25) is 0 Å². The van der Waals surface area contributed by atoms with Crippen molar-refractivity contribution in [2.45, 2.75) is 6.42 Å². The quantitative estimate of drug-likeness (QED) is 0.483. The van der Waals surface area contributed by atoms with E-state index in [0.29, 0.717) is 29.6 Å². The number of aliphatic imine (C=N–C) groups is 1. The van der Waals surface area contributed by atoms with Crippen LogP contribution in [0.3, 0.4) is 0 Å². The lowest BCUT2D eigenvalue weighted by Crippen LogP contribution is -2.12. The molecule has 0 amide bonds. The number of benzene rings is 2. The molecule has 2 aromatic carbocycles. The summed E-state index contributed by atoms with van der Waals surface area (Å²) in [5.74, 6) is 2.22. The molecule has 0 bridgehead atoms. The maximum atomic E-state index is 8.81. The van der Waals surface area contributed by atoms with Gasteiger partial charge in [0.05, 0.1) is 20.6 Å². The van der Waals surface area contributed by atoms with Gasteiger partial charge in [-0.1, -0.05) is 24.3 Å². The van der Waals surface area contributed by atoms with Gasteiger partial charge in [-0.05, 0) is 29.8 Å². The summed E-state index contributed by atoms with van der Waals surface area (Å²) in [5.41, 5.74) is 0.905. The maximum Gasteiger partial charge on any atom is 0.210 e. The monoisotopic (exact) mass is 296 g/mol. The SMILES string of the molecule is COc1ccc(CC(=NC#N)Oc2ccccc2)cc1OC. The third kappa shape index (κ3) is 4.00. The van der Waals surface area contributed by atoms with Crippen LogP contribution < -0.4 is 14.2 Å². The lowest BCUT2D eigenvalue weighted by atomic mass is 10.1. The minimum atomic E-state index is 0.320. The highest BCUT2D eigenvalue weighted by Crippen LogP contribution is 2.28. The van der Waals surface area contributed by atoms with Crippen LogP contribution in [-0.4, -0.2) is 20.1 Å². The fraction of sp³-hybridized carbons (Fsp3) is 0.176. The Balaban J connectivity index is 2.18. The van der Waals surface area contributed by atoms with Gasteiger partial charge in [-0.25, -0.2) is 0 Å². The van der Waals surface area contributed by atoms with Gasteiger partial charge < -0.3 is 14.2 Å². The Morgan fingerprint density at radius 3 is 2.41 bits per heavy atom. The Labute approximate surface area is 129 Å². The van der Waals surface area contributed by atoms with Crippen molar-refractivity contribution in [1.82, 2.24) is 0 Å². The highest BCUT2D eigenvalue weighted by atomic mass is 16.5. The molecule has 0 spiro atoms. The molecule has 0 radical (unpaired) electrons. The normalized spacial score (nSPS) is 10.7. The third-order valence-electron chi connectivity index (χ3n) is 2.96. The summed E-state index contributed by atoms with van der Waals surface area (Å²) < 4.78 is 16.1. The summed E-state index contributed by atoms with van der Waals surface area (Å²) in [5, 5.41) is 8.81. The first kappa shape index (κ1) is 15.4. The Morgan fingerprint density at radius 1 is 1.05 bits per heavy atom. The van der Waals surface area contributed by atoms with Gasteiger partial charge >= 0.3 is 0 Å². The predicted octanol–water partition coefficient (Wildman–Crippen LogP) is 3.20. The number of nitrogens with zero attached hydrogens (tertiary/aromatic N) is 2. The summed E-state index contributed by atoms with van der Waals surface area (Å²) in [6, 6.07) is 14.7. The van der Waals surface area contributed by atoms with Crippen LogP contribution in [0, 0.1) is 11.5 Å². The fourth-order valence-corrected chi connectivity index (χ4v) is 1.94. The Hall–Kier alpha value is -3.00. The number of rotatable bonds is 5. The van der Waals surface area contributed by atoms with Crippen molar-refractivity contribution in [3.63, 3.8) is 0 Å². The highest BCUT2D eigenvalue weighted by molar-refractivity contribution is 5.82. The topological polar surface area (TPSA) is 63.8 Å². The zero-order valence-electron chi connectivity index (χ0n) is 12.4. The zero-order chi connectivity index (χ0) is 15.8. The van der Waals surface area contributed by atoms with Crippen molar-refractivity contribution in [3.8, 4) is 23.4 Å². The molecule has 0 heterocycles. The molecule has 0 saturated heterocycles. The highest BCUT2D eigenvalue weighted by Gasteiger charge is 2.09. The average molecular weight is 296 g/mol. The van der Waals surface area contributed by atoms with Crippen LogP contribution in [0.5, 0.6) is 17.2 Å². The van der Waals surface area contributed by atoms with Crippen LogP contribution in [0.4, 0.5) is 0 Å². The molecule has 112 valence electrons. The van der Waals surface area contributed by atoms with Crippen molar-refractivity contribution >= 4 is 5.90 Å². The molecular formula is C17H16N2O3. The van der Waals surface area contributed by atoms with E-state index in [9.17, 15) is 0 Å². The van der Waals surface area contributed by atoms with Crippen molar-refractivity contribution in [3.05, 3.63) is 54.1 Å². The standard InChI is InChI=1S/C17H16N2O3/c1-20-15-9-8-13(10-16(15)21-2)11-17(19-12-18)22-14-6-4-3-5-7-14/h3-10H,11H2,1-2H3. The molecule has 0 atom stereocenters. The third-order valence-corrected chi connectivity index (χ3v) is 2.96. The fourth-order valence-electron chi connectivity index (χ4n) is 1.94. The van der Waals surface area contributed by atoms with Gasteiger partial charge in [0.1, 0.15) is 5.75 Å². The van der Waals surface area contributed by atoms with E-state index in [1.807, 2.05) is 42.5 Å². The summed E-state index contributed by atoms with van der Waals surface area (Å²) in [4.78, 5) is 3.74. The van der Waals surface area contributed by atoms with Crippen molar-refractivity contribution in [2.24, 2.45) is 4.99 Å². The predicted molar refractivity (Wildman–Crippen MR) is 83.4 cm³/mol. The van der Waals surface area contributed by atoms with E-state index in [-0.39, 0.29) is 0 Å². The first-order chi connectivity index (χ1) is 10.8. The lowest BCUT2D eigenvalue weighted by Gasteiger charge is -2.11. The molecule has 0 N–H and O–H groups in total. The van der Waals surface area contributed by atoms with E-state index in [2.05, 4.69) is 4.99 Å². The average Bonchev–Trinajstić information content (AvgIpc) is 2.56. The number of hydrogen-bond acceptors (Lipinski definition) is 5. The van der Waals surface area contributed by atoms with Gasteiger partial charge in [0.15, 0.2) is 11.5 Å². The number of nitriles is 1. The van der Waals surface area contributed by atoms with Gasteiger partial charge in [-0.2, -0.15) is 5.26 Å². The second-order valence-electron chi connectivity index (χ2n) is 4.39. The van der Waals surface area contributed by atoms with Gasteiger partial charge in [0.25, 0.3) is 0 Å².